The van der Waals surface area contributed by atoms with Crippen molar-refractivity contribution in [1.29, 1.82) is 0 Å². The molecule has 3 heteroatoms. The van der Waals surface area contributed by atoms with Gasteiger partial charge in [-0.3, -0.25) is 4.79 Å². The lowest BCUT2D eigenvalue weighted by Crippen LogP contribution is -2.18. The molecule has 0 rings (SSSR count). The molecular weight excluding hydrogens is 538 g/mol. The van der Waals surface area contributed by atoms with E-state index in [0.717, 1.165) is 12.8 Å². The van der Waals surface area contributed by atoms with Gasteiger partial charge in [0.25, 0.3) is 0 Å². The van der Waals surface area contributed by atoms with Crippen LogP contribution in [0.3, 0.4) is 0 Å². The molecule has 0 bridgehead atoms. The van der Waals surface area contributed by atoms with Crippen molar-refractivity contribution >= 4 is 5.97 Å². The van der Waals surface area contributed by atoms with Crippen molar-refractivity contribution in [3.8, 4) is 0 Å². The van der Waals surface area contributed by atoms with Gasteiger partial charge in [-0.15, -0.1) is 0 Å². The van der Waals surface area contributed by atoms with Gasteiger partial charge in [0.05, 0.1) is 0 Å². The summed E-state index contributed by atoms with van der Waals surface area (Å²) in [5.41, 5.74) is 0. The highest BCUT2D eigenvalue weighted by molar-refractivity contribution is 5.66. The van der Waals surface area contributed by atoms with Gasteiger partial charge in [-0.2, -0.15) is 0 Å². The zero-order valence-electron chi connectivity index (χ0n) is 31.3. The minimum Gasteiger partial charge on any atom is -0.481 e. The Morgan fingerprint density at radius 2 is 0.614 bits per heavy atom. The molecule has 1 N–H and O–H groups in total. The van der Waals surface area contributed by atoms with Crippen LogP contribution in [-0.2, 0) is 4.79 Å². The normalized spacial score (nSPS) is 11.2. The molecule has 0 saturated heterocycles. The lowest BCUT2D eigenvalue weighted by atomic mass is 10.0. The van der Waals surface area contributed by atoms with Crippen molar-refractivity contribution in [2.45, 2.75) is 239 Å². The summed E-state index contributed by atoms with van der Waals surface area (Å²) < 4.78 is 0. The van der Waals surface area contributed by atoms with Gasteiger partial charge in [0.1, 0.15) is 0 Å². The van der Waals surface area contributed by atoms with Gasteiger partial charge < -0.3 is 10.0 Å². The molecule has 0 aliphatic carbocycles. The van der Waals surface area contributed by atoms with Gasteiger partial charge in [-0.05, 0) is 33.0 Å². The van der Waals surface area contributed by atoms with Crippen molar-refractivity contribution in [2.24, 2.45) is 0 Å². The number of hydrogen-bond acceptors (Lipinski definition) is 2. The van der Waals surface area contributed by atoms with E-state index in [4.69, 9.17) is 5.11 Å². The summed E-state index contributed by atoms with van der Waals surface area (Å²) in [6.45, 7) is 9.29. The molecule has 0 heterocycles. The first-order valence-corrected chi connectivity index (χ1v) is 20.5. The SMILES string of the molecule is CCCCCCCCCCCCCCCCCC(=O)O.CCCCCCCCCCCCCCCCCCCCN(C)CC. The highest BCUT2D eigenvalue weighted by Crippen LogP contribution is 2.15. The van der Waals surface area contributed by atoms with Crippen LogP contribution in [0.15, 0.2) is 0 Å². The number of nitrogens with zero attached hydrogens (tertiary/aromatic N) is 1. The molecule has 0 aromatic heterocycles. The van der Waals surface area contributed by atoms with E-state index in [1.165, 1.54) is 212 Å². The van der Waals surface area contributed by atoms with Gasteiger partial charge in [-0.1, -0.05) is 220 Å². The molecule has 0 saturated carbocycles. The van der Waals surface area contributed by atoms with Crippen molar-refractivity contribution < 1.29 is 9.90 Å². The predicted molar refractivity (Wildman–Crippen MR) is 199 cm³/mol. The Morgan fingerprint density at radius 3 is 0.841 bits per heavy atom. The Bertz CT molecular complexity index is 509. The van der Waals surface area contributed by atoms with Crippen LogP contribution in [0.1, 0.15) is 239 Å². The highest BCUT2D eigenvalue weighted by Gasteiger charge is 1.98. The number of aliphatic carboxylic acids is 1. The van der Waals surface area contributed by atoms with Crippen molar-refractivity contribution in [3.63, 3.8) is 0 Å². The summed E-state index contributed by atoms with van der Waals surface area (Å²) in [7, 11) is 2.23. The van der Waals surface area contributed by atoms with Crippen LogP contribution in [0, 0.1) is 0 Å². The fourth-order valence-corrected chi connectivity index (χ4v) is 6.09. The maximum Gasteiger partial charge on any atom is 0.303 e. The van der Waals surface area contributed by atoms with Crippen LogP contribution in [-0.4, -0.2) is 36.1 Å². The molecule has 0 aliphatic heterocycles. The molecule has 0 aromatic carbocycles. The lowest BCUT2D eigenvalue weighted by molar-refractivity contribution is -0.137. The summed E-state index contributed by atoms with van der Waals surface area (Å²) >= 11 is 0. The monoisotopic (exact) mass is 624 g/mol. The third-order valence-electron chi connectivity index (χ3n) is 9.43. The lowest BCUT2D eigenvalue weighted by Gasteiger charge is -2.12. The summed E-state index contributed by atoms with van der Waals surface area (Å²) in [5.74, 6) is -0.653. The number of rotatable bonds is 36. The number of hydrogen-bond donors (Lipinski definition) is 1. The summed E-state index contributed by atoms with van der Waals surface area (Å²) in [6, 6.07) is 0. The van der Waals surface area contributed by atoms with Crippen LogP contribution < -0.4 is 0 Å². The fraction of sp³-hybridized carbons (Fsp3) is 0.976. The molecular formula is C41H85NO2. The number of unbranched alkanes of at least 4 members (excludes halogenated alkanes) is 31. The fourth-order valence-electron chi connectivity index (χ4n) is 6.09. The van der Waals surface area contributed by atoms with E-state index in [9.17, 15) is 4.79 Å². The van der Waals surface area contributed by atoms with Gasteiger partial charge in [0, 0.05) is 6.42 Å². The summed E-state index contributed by atoms with van der Waals surface area (Å²) in [4.78, 5) is 12.8. The van der Waals surface area contributed by atoms with Gasteiger partial charge in [0.15, 0.2) is 0 Å². The Labute approximate surface area is 279 Å². The quantitative estimate of drug-likeness (QED) is 0.0706. The molecule has 0 fully saturated rings. The number of carbonyl (C=O) groups is 1. The van der Waals surface area contributed by atoms with Gasteiger partial charge >= 0.3 is 5.97 Å². The third kappa shape index (κ3) is 45.9. The number of carboxylic acid groups (broad SMARTS) is 1. The second-order valence-corrected chi connectivity index (χ2v) is 14.0. The van der Waals surface area contributed by atoms with E-state index >= 15 is 0 Å². The standard InChI is InChI=1S/C23H49N.C18H36O2/c1-4-6-7-8-9-10-11-12-13-14-15-16-17-18-19-20-21-22-23-24(3)5-2;1-2-3-4-5-6-7-8-9-10-11-12-13-14-15-16-17-18(19)20/h4-23H2,1-3H3;2-17H2,1H3,(H,19,20). The Hall–Kier alpha value is -0.570. The summed E-state index contributed by atoms with van der Waals surface area (Å²) in [5, 5.41) is 8.52. The topological polar surface area (TPSA) is 40.5 Å². The van der Waals surface area contributed by atoms with E-state index in [-0.39, 0.29) is 0 Å². The molecule has 0 spiro atoms. The molecule has 3 nitrogen and oxygen atoms in total. The van der Waals surface area contributed by atoms with Gasteiger partial charge in [-0.25, -0.2) is 0 Å². The molecule has 0 aliphatic rings. The smallest absolute Gasteiger partial charge is 0.303 e. The molecule has 0 atom stereocenters. The van der Waals surface area contributed by atoms with Crippen molar-refractivity contribution in [2.75, 3.05) is 20.1 Å². The van der Waals surface area contributed by atoms with Crippen LogP contribution >= 0.6 is 0 Å². The Kier molecular flexibility index (Phi) is 43.9. The first-order chi connectivity index (χ1) is 21.6. The Balaban J connectivity index is 0. The zero-order chi connectivity index (χ0) is 32.6. The van der Waals surface area contributed by atoms with E-state index in [2.05, 4.69) is 32.7 Å². The molecule has 0 aromatic rings. The minimum absolute atomic E-state index is 0.345. The van der Waals surface area contributed by atoms with E-state index in [1.807, 2.05) is 0 Å². The largest absolute Gasteiger partial charge is 0.481 e. The van der Waals surface area contributed by atoms with Crippen LogP contribution in [0.2, 0.25) is 0 Å². The average Bonchev–Trinajstić information content (AvgIpc) is 3.02. The second kappa shape index (κ2) is 42.4. The second-order valence-electron chi connectivity index (χ2n) is 14.0. The maximum atomic E-state index is 10.3. The summed E-state index contributed by atoms with van der Waals surface area (Å²) in [6.07, 6.45) is 46.5. The van der Waals surface area contributed by atoms with Crippen molar-refractivity contribution in [1.82, 2.24) is 4.90 Å². The minimum atomic E-state index is -0.653. The first kappa shape index (κ1) is 45.6. The highest BCUT2D eigenvalue weighted by atomic mass is 16.4. The average molecular weight is 624 g/mol. The van der Waals surface area contributed by atoms with Crippen LogP contribution in [0.5, 0.6) is 0 Å². The van der Waals surface area contributed by atoms with E-state index < -0.39 is 5.97 Å². The Morgan fingerprint density at radius 1 is 0.386 bits per heavy atom. The van der Waals surface area contributed by atoms with Crippen LogP contribution in [0.25, 0.3) is 0 Å². The van der Waals surface area contributed by atoms with Crippen molar-refractivity contribution in [3.05, 3.63) is 0 Å². The van der Waals surface area contributed by atoms with E-state index in [0.29, 0.717) is 6.42 Å². The van der Waals surface area contributed by atoms with Gasteiger partial charge in [0.2, 0.25) is 0 Å². The predicted octanol–water partition coefficient (Wildman–Crippen LogP) is 14.3. The zero-order valence-corrected chi connectivity index (χ0v) is 31.3. The van der Waals surface area contributed by atoms with E-state index in [1.54, 1.807) is 0 Å². The molecule has 266 valence electrons. The molecule has 0 amide bonds. The third-order valence-corrected chi connectivity index (χ3v) is 9.43. The molecule has 44 heavy (non-hydrogen) atoms. The first-order valence-electron chi connectivity index (χ1n) is 20.5. The maximum absolute atomic E-state index is 10.3. The molecule has 0 radical (unpaired) electrons. The van der Waals surface area contributed by atoms with Crippen LogP contribution in [0.4, 0.5) is 0 Å². The molecule has 0 unspecified atom stereocenters. The number of carboxylic acids is 1.